The van der Waals surface area contributed by atoms with E-state index in [0.717, 1.165) is 12.8 Å². The van der Waals surface area contributed by atoms with Crippen LogP contribution in [0.2, 0.25) is 0 Å². The van der Waals surface area contributed by atoms with E-state index in [0.29, 0.717) is 22.3 Å². The average molecular weight is 296 g/mol. The lowest BCUT2D eigenvalue weighted by atomic mass is 10.1. The topological polar surface area (TPSA) is 36.4 Å². The highest BCUT2D eigenvalue weighted by molar-refractivity contribution is 5.92. The number of hydrogen-bond acceptors (Lipinski definition) is 3. The largest absolute Gasteiger partial charge is 0.405 e. The highest BCUT2D eigenvalue weighted by Gasteiger charge is 2.38. The number of alkyl halides is 3. The summed E-state index contributed by atoms with van der Waals surface area (Å²) in [4.78, 5) is 5.65. The molecule has 2 aromatic rings. The van der Waals surface area contributed by atoms with E-state index in [2.05, 4.69) is 4.98 Å². The van der Waals surface area contributed by atoms with Crippen molar-refractivity contribution < 1.29 is 18.3 Å². The number of nitrogens with zero attached hydrogens (tertiary/aromatic N) is 2. The molecule has 1 N–H and O–H groups in total. The van der Waals surface area contributed by atoms with E-state index in [9.17, 15) is 18.3 Å². The molecule has 0 amide bonds. The molecule has 0 bridgehead atoms. The van der Waals surface area contributed by atoms with Crippen LogP contribution < -0.4 is 4.90 Å². The second-order valence-electron chi connectivity index (χ2n) is 5.28. The van der Waals surface area contributed by atoms with Crippen LogP contribution in [0.5, 0.6) is 0 Å². The molecule has 6 heteroatoms. The van der Waals surface area contributed by atoms with Gasteiger partial charge in [0.2, 0.25) is 0 Å². The number of anilines is 1. The standard InChI is InChI=1S/C15H15F3N2O/c16-15(17,18)9-20(11-5-6-11)14-7-10(8-21)19-13-4-2-1-3-12(13)14/h1-4,7,11,21H,5-6,8-9H2. The zero-order valence-corrected chi connectivity index (χ0v) is 11.3. The maximum atomic E-state index is 12.9. The molecule has 0 atom stereocenters. The fraction of sp³-hybridized carbons (Fsp3) is 0.400. The number of pyridine rings is 1. The molecule has 1 fully saturated rings. The van der Waals surface area contributed by atoms with Gasteiger partial charge in [0.15, 0.2) is 0 Å². The highest BCUT2D eigenvalue weighted by atomic mass is 19.4. The van der Waals surface area contributed by atoms with Crippen molar-refractivity contribution in [3.05, 3.63) is 36.0 Å². The van der Waals surface area contributed by atoms with Gasteiger partial charge in [0.05, 0.1) is 17.8 Å². The molecule has 0 spiro atoms. The lowest BCUT2D eigenvalue weighted by Gasteiger charge is -2.27. The molecule has 0 radical (unpaired) electrons. The Morgan fingerprint density at radius 1 is 1.24 bits per heavy atom. The summed E-state index contributed by atoms with van der Waals surface area (Å²) in [7, 11) is 0. The number of benzene rings is 1. The fourth-order valence-electron chi connectivity index (χ4n) is 2.52. The molecule has 1 aliphatic rings. The zero-order chi connectivity index (χ0) is 15.0. The Morgan fingerprint density at radius 3 is 2.57 bits per heavy atom. The predicted octanol–water partition coefficient (Wildman–Crippen LogP) is 3.26. The average Bonchev–Trinajstić information content (AvgIpc) is 3.27. The first-order valence-electron chi connectivity index (χ1n) is 6.81. The number of para-hydroxylation sites is 1. The predicted molar refractivity (Wildman–Crippen MR) is 74.1 cm³/mol. The molecule has 1 aliphatic carbocycles. The molecular weight excluding hydrogens is 281 g/mol. The molecule has 3 nitrogen and oxygen atoms in total. The lowest BCUT2D eigenvalue weighted by molar-refractivity contribution is -0.119. The van der Waals surface area contributed by atoms with Crippen LogP contribution in [0.25, 0.3) is 10.9 Å². The number of hydrogen-bond donors (Lipinski definition) is 1. The number of fused-ring (bicyclic) bond motifs is 1. The normalized spacial score (nSPS) is 15.4. The fourth-order valence-corrected chi connectivity index (χ4v) is 2.52. The Hall–Kier alpha value is -1.82. The van der Waals surface area contributed by atoms with Crippen LogP contribution in [-0.2, 0) is 6.61 Å². The number of rotatable bonds is 4. The summed E-state index contributed by atoms with van der Waals surface area (Å²) >= 11 is 0. The Labute approximate surface area is 120 Å². The van der Waals surface area contributed by atoms with Crippen LogP contribution in [0.3, 0.4) is 0 Å². The summed E-state index contributed by atoms with van der Waals surface area (Å²) in [5.74, 6) is 0. The van der Waals surface area contributed by atoms with Gasteiger partial charge in [-0.25, -0.2) is 0 Å². The number of aromatic nitrogens is 1. The van der Waals surface area contributed by atoms with Gasteiger partial charge in [-0.15, -0.1) is 0 Å². The molecule has 1 aromatic carbocycles. The van der Waals surface area contributed by atoms with Crippen molar-refractivity contribution in [1.29, 1.82) is 0 Å². The first kappa shape index (κ1) is 14.1. The van der Waals surface area contributed by atoms with Crippen LogP contribution >= 0.6 is 0 Å². The molecule has 1 saturated carbocycles. The maximum Gasteiger partial charge on any atom is 0.405 e. The van der Waals surface area contributed by atoms with Crippen molar-refractivity contribution in [3.63, 3.8) is 0 Å². The summed E-state index contributed by atoms with van der Waals surface area (Å²) in [6.45, 7) is -1.26. The molecule has 0 aliphatic heterocycles. The number of aliphatic hydroxyl groups excluding tert-OH is 1. The van der Waals surface area contributed by atoms with Crippen LogP contribution in [0, 0.1) is 0 Å². The first-order chi connectivity index (χ1) is 9.98. The molecule has 0 saturated heterocycles. The van der Waals surface area contributed by atoms with Gasteiger partial charge in [-0.3, -0.25) is 4.98 Å². The van der Waals surface area contributed by atoms with E-state index in [1.165, 1.54) is 4.90 Å². The quantitative estimate of drug-likeness (QED) is 0.941. The summed E-state index contributed by atoms with van der Waals surface area (Å²) in [5.41, 5.74) is 1.49. The number of halogens is 3. The molecule has 112 valence electrons. The Balaban J connectivity index is 2.11. The van der Waals surface area contributed by atoms with Gasteiger partial charge in [-0.2, -0.15) is 13.2 Å². The van der Waals surface area contributed by atoms with Gasteiger partial charge < -0.3 is 10.0 Å². The summed E-state index contributed by atoms with van der Waals surface area (Å²) in [6, 6.07) is 8.56. The first-order valence-corrected chi connectivity index (χ1v) is 6.81. The van der Waals surface area contributed by atoms with E-state index in [1.54, 1.807) is 30.3 Å². The minimum Gasteiger partial charge on any atom is -0.390 e. The Morgan fingerprint density at radius 2 is 1.95 bits per heavy atom. The minimum atomic E-state index is -4.26. The van der Waals surface area contributed by atoms with Crippen molar-refractivity contribution in [2.24, 2.45) is 0 Å². The summed E-state index contributed by atoms with van der Waals surface area (Å²) in [5, 5.41) is 9.97. The van der Waals surface area contributed by atoms with Crippen LogP contribution in [0.15, 0.2) is 30.3 Å². The van der Waals surface area contributed by atoms with Crippen molar-refractivity contribution in [2.75, 3.05) is 11.4 Å². The highest BCUT2D eigenvalue weighted by Crippen LogP contribution is 2.37. The summed E-state index contributed by atoms with van der Waals surface area (Å²) in [6.07, 6.45) is -2.73. The molecule has 21 heavy (non-hydrogen) atoms. The second-order valence-corrected chi connectivity index (χ2v) is 5.28. The van der Waals surface area contributed by atoms with Gasteiger partial charge in [-0.05, 0) is 25.0 Å². The van der Waals surface area contributed by atoms with Gasteiger partial charge in [-0.1, -0.05) is 18.2 Å². The Bertz CT molecular complexity index is 653. The number of aliphatic hydroxyl groups is 1. The van der Waals surface area contributed by atoms with E-state index < -0.39 is 12.7 Å². The van der Waals surface area contributed by atoms with Crippen molar-refractivity contribution in [3.8, 4) is 0 Å². The lowest BCUT2D eigenvalue weighted by Crippen LogP contribution is -2.36. The monoisotopic (exact) mass is 296 g/mol. The van der Waals surface area contributed by atoms with Gasteiger partial charge in [0, 0.05) is 17.1 Å². The minimum absolute atomic E-state index is 0.0797. The smallest absolute Gasteiger partial charge is 0.390 e. The Kier molecular flexibility index (Phi) is 3.49. The molecular formula is C15H15F3N2O. The van der Waals surface area contributed by atoms with Crippen LogP contribution in [0.1, 0.15) is 18.5 Å². The van der Waals surface area contributed by atoms with E-state index in [1.807, 2.05) is 0 Å². The molecule has 1 aromatic heterocycles. The third kappa shape index (κ3) is 3.10. The van der Waals surface area contributed by atoms with E-state index >= 15 is 0 Å². The van der Waals surface area contributed by atoms with Crippen molar-refractivity contribution >= 4 is 16.6 Å². The third-order valence-electron chi connectivity index (χ3n) is 3.56. The molecule has 3 rings (SSSR count). The van der Waals surface area contributed by atoms with Crippen LogP contribution in [0.4, 0.5) is 18.9 Å². The maximum absolute atomic E-state index is 12.9. The zero-order valence-electron chi connectivity index (χ0n) is 11.3. The van der Waals surface area contributed by atoms with Crippen LogP contribution in [-0.4, -0.2) is 28.9 Å². The van der Waals surface area contributed by atoms with E-state index in [-0.39, 0.29) is 12.6 Å². The third-order valence-corrected chi connectivity index (χ3v) is 3.56. The SMILES string of the molecule is OCc1cc(N(CC(F)(F)F)C2CC2)c2ccccc2n1. The van der Waals surface area contributed by atoms with E-state index in [4.69, 9.17) is 0 Å². The van der Waals surface area contributed by atoms with Crippen molar-refractivity contribution in [1.82, 2.24) is 4.98 Å². The van der Waals surface area contributed by atoms with Gasteiger partial charge in [0.1, 0.15) is 6.54 Å². The molecule has 1 heterocycles. The summed E-state index contributed by atoms with van der Waals surface area (Å²) < 4.78 is 38.6. The van der Waals surface area contributed by atoms with Crippen molar-refractivity contribution in [2.45, 2.75) is 31.7 Å². The van der Waals surface area contributed by atoms with Gasteiger partial charge in [0.25, 0.3) is 0 Å². The molecule has 0 unspecified atom stereocenters. The second kappa shape index (κ2) is 5.18. The van der Waals surface area contributed by atoms with Gasteiger partial charge >= 0.3 is 6.18 Å².